The second kappa shape index (κ2) is 7.92. The van der Waals surface area contributed by atoms with Gasteiger partial charge in [-0.15, -0.1) is 0 Å². The van der Waals surface area contributed by atoms with Crippen molar-refractivity contribution in [1.29, 1.82) is 0 Å². The second-order valence-corrected chi connectivity index (χ2v) is 7.23. The Labute approximate surface area is 162 Å². The molecule has 1 aromatic heterocycles. The van der Waals surface area contributed by atoms with Crippen molar-refractivity contribution >= 4 is 17.7 Å². The largest absolute Gasteiger partial charge is 0.347 e. The van der Waals surface area contributed by atoms with Crippen LogP contribution in [0.3, 0.4) is 0 Å². The molecule has 2 aromatic rings. The number of rotatable bonds is 6. The summed E-state index contributed by atoms with van der Waals surface area (Å²) in [5.74, 6) is -0.112. The van der Waals surface area contributed by atoms with Gasteiger partial charge in [0.05, 0.1) is 18.4 Å². The number of carbonyl (C=O) groups excluding carboxylic acids is 3. The molecule has 0 bridgehead atoms. The standard InChI is InChI=1S/C20H22N4O4/c25-16(10-11-24-19(26)14-8-4-5-9-15(14)20(24)27)21-12-17-22-18(23-28-17)13-6-2-1-3-7-13/h1-3,6-7,14-15H,4-5,8-12H2,(H,21,25)/t14-,15+. The van der Waals surface area contributed by atoms with Crippen LogP contribution < -0.4 is 5.32 Å². The van der Waals surface area contributed by atoms with E-state index >= 15 is 0 Å². The summed E-state index contributed by atoms with van der Waals surface area (Å²) in [4.78, 5) is 42.5. The molecule has 2 fully saturated rings. The molecule has 2 atom stereocenters. The molecule has 1 aliphatic carbocycles. The van der Waals surface area contributed by atoms with Crippen molar-refractivity contribution in [3.8, 4) is 11.4 Å². The molecule has 0 unspecified atom stereocenters. The zero-order chi connectivity index (χ0) is 19.5. The number of amides is 3. The number of benzene rings is 1. The SMILES string of the molecule is O=C(CCN1C(=O)[C@H]2CCCC[C@H]2C1=O)NCc1nc(-c2ccccc2)no1. The van der Waals surface area contributed by atoms with Gasteiger partial charge in [-0.2, -0.15) is 4.98 Å². The van der Waals surface area contributed by atoms with E-state index in [-0.39, 0.29) is 49.1 Å². The minimum absolute atomic E-state index is 0.0661. The fraction of sp³-hybridized carbons (Fsp3) is 0.450. The van der Waals surface area contributed by atoms with E-state index in [1.54, 1.807) is 0 Å². The highest BCUT2D eigenvalue weighted by atomic mass is 16.5. The van der Waals surface area contributed by atoms with Gasteiger partial charge in [0, 0.05) is 18.5 Å². The zero-order valence-corrected chi connectivity index (χ0v) is 15.5. The van der Waals surface area contributed by atoms with Crippen LogP contribution in [0.5, 0.6) is 0 Å². The average Bonchev–Trinajstić information content (AvgIpc) is 3.30. The van der Waals surface area contributed by atoms with E-state index in [2.05, 4.69) is 15.5 Å². The molecule has 3 amide bonds. The minimum Gasteiger partial charge on any atom is -0.347 e. The van der Waals surface area contributed by atoms with E-state index in [0.29, 0.717) is 11.7 Å². The Morgan fingerprint density at radius 2 is 1.79 bits per heavy atom. The third-order valence-corrected chi connectivity index (χ3v) is 5.43. The fourth-order valence-corrected chi connectivity index (χ4v) is 3.96. The van der Waals surface area contributed by atoms with Gasteiger partial charge in [0.1, 0.15) is 0 Å². The van der Waals surface area contributed by atoms with Gasteiger partial charge < -0.3 is 9.84 Å². The molecule has 0 radical (unpaired) electrons. The van der Waals surface area contributed by atoms with E-state index in [1.165, 1.54) is 4.90 Å². The van der Waals surface area contributed by atoms with E-state index in [0.717, 1.165) is 31.2 Å². The molecule has 0 spiro atoms. The van der Waals surface area contributed by atoms with Crippen molar-refractivity contribution in [3.63, 3.8) is 0 Å². The van der Waals surface area contributed by atoms with Crippen molar-refractivity contribution in [2.24, 2.45) is 11.8 Å². The first-order valence-corrected chi connectivity index (χ1v) is 9.63. The van der Waals surface area contributed by atoms with Crippen molar-refractivity contribution < 1.29 is 18.9 Å². The number of nitrogens with zero attached hydrogens (tertiary/aromatic N) is 3. The Morgan fingerprint density at radius 1 is 1.11 bits per heavy atom. The van der Waals surface area contributed by atoms with Crippen molar-refractivity contribution in [1.82, 2.24) is 20.4 Å². The van der Waals surface area contributed by atoms with E-state index in [1.807, 2.05) is 30.3 Å². The molecule has 1 N–H and O–H groups in total. The van der Waals surface area contributed by atoms with Gasteiger partial charge in [-0.1, -0.05) is 48.3 Å². The molecule has 1 aromatic carbocycles. The lowest BCUT2D eigenvalue weighted by Crippen LogP contribution is -2.35. The van der Waals surface area contributed by atoms with Gasteiger partial charge in [-0.05, 0) is 12.8 Å². The highest BCUT2D eigenvalue weighted by molar-refractivity contribution is 6.05. The van der Waals surface area contributed by atoms with Crippen LogP contribution >= 0.6 is 0 Å². The number of imide groups is 1. The topological polar surface area (TPSA) is 105 Å². The highest BCUT2D eigenvalue weighted by Crippen LogP contribution is 2.37. The van der Waals surface area contributed by atoms with Crippen molar-refractivity contribution in [3.05, 3.63) is 36.2 Å². The van der Waals surface area contributed by atoms with Gasteiger partial charge in [-0.25, -0.2) is 0 Å². The number of likely N-dealkylation sites (tertiary alicyclic amines) is 1. The lowest BCUT2D eigenvalue weighted by molar-refractivity contribution is -0.140. The summed E-state index contributed by atoms with van der Waals surface area (Å²) >= 11 is 0. The number of aromatic nitrogens is 2. The van der Waals surface area contributed by atoms with Gasteiger partial charge in [0.15, 0.2) is 0 Å². The first-order chi connectivity index (χ1) is 13.6. The number of carbonyl (C=O) groups is 3. The lowest BCUT2D eigenvalue weighted by atomic mass is 9.81. The van der Waals surface area contributed by atoms with E-state index in [9.17, 15) is 14.4 Å². The normalized spacial score (nSPS) is 21.6. The van der Waals surface area contributed by atoms with E-state index < -0.39 is 0 Å². The number of nitrogens with one attached hydrogen (secondary N) is 1. The van der Waals surface area contributed by atoms with Crippen LogP contribution in [0.15, 0.2) is 34.9 Å². The van der Waals surface area contributed by atoms with Gasteiger partial charge in [-0.3, -0.25) is 19.3 Å². The highest BCUT2D eigenvalue weighted by Gasteiger charge is 2.47. The van der Waals surface area contributed by atoms with Crippen LogP contribution in [-0.2, 0) is 20.9 Å². The molecule has 2 heterocycles. The first-order valence-electron chi connectivity index (χ1n) is 9.63. The Morgan fingerprint density at radius 3 is 2.46 bits per heavy atom. The van der Waals surface area contributed by atoms with Crippen molar-refractivity contribution in [2.75, 3.05) is 6.54 Å². The molecular formula is C20H22N4O4. The molecule has 8 heteroatoms. The quantitative estimate of drug-likeness (QED) is 0.765. The van der Waals surface area contributed by atoms with Crippen LogP contribution in [0.25, 0.3) is 11.4 Å². The number of hydrogen-bond donors (Lipinski definition) is 1. The molecule has 1 saturated carbocycles. The monoisotopic (exact) mass is 382 g/mol. The fourth-order valence-electron chi connectivity index (χ4n) is 3.96. The smallest absolute Gasteiger partial charge is 0.246 e. The molecule has 28 heavy (non-hydrogen) atoms. The molecule has 4 rings (SSSR count). The maximum absolute atomic E-state index is 12.4. The van der Waals surface area contributed by atoms with Crippen LogP contribution in [0.2, 0.25) is 0 Å². The Balaban J connectivity index is 1.27. The summed E-state index contributed by atoms with van der Waals surface area (Å²) in [6, 6.07) is 9.40. The predicted molar refractivity (Wildman–Crippen MR) is 98.4 cm³/mol. The molecule has 1 saturated heterocycles. The third kappa shape index (κ3) is 3.67. The molecular weight excluding hydrogens is 360 g/mol. The maximum atomic E-state index is 12.4. The summed E-state index contributed by atoms with van der Waals surface area (Å²) < 4.78 is 5.15. The number of fused-ring (bicyclic) bond motifs is 1. The van der Waals surface area contributed by atoms with Crippen LogP contribution in [0.4, 0.5) is 0 Å². The first kappa shape index (κ1) is 18.3. The molecule has 1 aliphatic heterocycles. The molecule has 146 valence electrons. The number of hydrogen-bond acceptors (Lipinski definition) is 6. The van der Waals surface area contributed by atoms with Crippen LogP contribution in [0.1, 0.15) is 38.0 Å². The summed E-state index contributed by atoms with van der Waals surface area (Å²) in [6.45, 7) is 0.224. The molecule has 8 nitrogen and oxygen atoms in total. The van der Waals surface area contributed by atoms with Gasteiger partial charge in [0.2, 0.25) is 29.4 Å². The third-order valence-electron chi connectivity index (χ3n) is 5.43. The van der Waals surface area contributed by atoms with E-state index in [4.69, 9.17) is 4.52 Å². The Kier molecular flexibility index (Phi) is 5.18. The van der Waals surface area contributed by atoms with Gasteiger partial charge in [0.25, 0.3) is 0 Å². The van der Waals surface area contributed by atoms with Crippen LogP contribution in [-0.4, -0.2) is 39.3 Å². The average molecular weight is 382 g/mol. The van der Waals surface area contributed by atoms with Crippen molar-refractivity contribution in [2.45, 2.75) is 38.6 Å². The summed E-state index contributed by atoms with van der Waals surface area (Å²) in [6.07, 6.45) is 3.60. The summed E-state index contributed by atoms with van der Waals surface area (Å²) in [7, 11) is 0. The second-order valence-electron chi connectivity index (χ2n) is 7.23. The minimum atomic E-state index is -0.269. The Hall–Kier alpha value is -3.03. The van der Waals surface area contributed by atoms with Crippen LogP contribution in [0, 0.1) is 11.8 Å². The summed E-state index contributed by atoms with van der Waals surface area (Å²) in [5, 5.41) is 6.60. The maximum Gasteiger partial charge on any atom is 0.246 e. The van der Waals surface area contributed by atoms with Gasteiger partial charge >= 0.3 is 0 Å². The Bertz CT molecular complexity index is 855. The predicted octanol–water partition coefficient (Wildman–Crippen LogP) is 1.92. The molecule has 2 aliphatic rings. The lowest BCUT2D eigenvalue weighted by Gasteiger charge is -2.19. The summed E-state index contributed by atoms with van der Waals surface area (Å²) in [5.41, 5.74) is 0.830. The zero-order valence-electron chi connectivity index (χ0n) is 15.5.